The SMILES string of the molecule is COc1ccc2c(c1)OC(c1cc(C(=O)O)cc3c1OCOC3)CC2=O. The van der Waals surface area contributed by atoms with Crippen molar-refractivity contribution in [1.82, 2.24) is 0 Å². The first-order valence-electron chi connectivity index (χ1n) is 8.05. The van der Waals surface area contributed by atoms with Gasteiger partial charge in [0.1, 0.15) is 23.4 Å². The van der Waals surface area contributed by atoms with Crippen molar-refractivity contribution >= 4 is 11.8 Å². The van der Waals surface area contributed by atoms with Crippen LogP contribution in [0.1, 0.15) is 44.4 Å². The summed E-state index contributed by atoms with van der Waals surface area (Å²) < 4.78 is 22.0. The van der Waals surface area contributed by atoms with Gasteiger partial charge in [-0.2, -0.15) is 0 Å². The summed E-state index contributed by atoms with van der Waals surface area (Å²) in [5.74, 6) is 0.352. The summed E-state index contributed by atoms with van der Waals surface area (Å²) in [5, 5.41) is 9.38. The fourth-order valence-electron chi connectivity index (χ4n) is 3.22. The Morgan fingerprint density at radius 2 is 2.12 bits per heavy atom. The first-order valence-corrected chi connectivity index (χ1v) is 8.05. The van der Waals surface area contributed by atoms with E-state index >= 15 is 0 Å². The number of ketones is 1. The molecule has 2 heterocycles. The molecule has 4 rings (SSSR count). The molecule has 0 amide bonds. The zero-order valence-corrected chi connectivity index (χ0v) is 14.0. The molecule has 26 heavy (non-hydrogen) atoms. The van der Waals surface area contributed by atoms with Crippen LogP contribution in [0.25, 0.3) is 0 Å². The van der Waals surface area contributed by atoms with Crippen molar-refractivity contribution in [2.45, 2.75) is 19.1 Å². The molecule has 1 N–H and O–H groups in total. The molecule has 0 aliphatic carbocycles. The van der Waals surface area contributed by atoms with E-state index in [2.05, 4.69) is 0 Å². The minimum absolute atomic E-state index is 0.0670. The molecule has 0 bridgehead atoms. The number of fused-ring (bicyclic) bond motifs is 2. The van der Waals surface area contributed by atoms with Crippen molar-refractivity contribution in [3.63, 3.8) is 0 Å². The Labute approximate surface area is 149 Å². The number of carboxylic acids is 1. The van der Waals surface area contributed by atoms with Crippen LogP contribution >= 0.6 is 0 Å². The van der Waals surface area contributed by atoms with Gasteiger partial charge in [-0.25, -0.2) is 4.79 Å². The quantitative estimate of drug-likeness (QED) is 0.904. The predicted octanol–water partition coefficient (Wildman–Crippen LogP) is 2.97. The number of ether oxygens (including phenoxy) is 4. The van der Waals surface area contributed by atoms with Gasteiger partial charge in [0.05, 0.1) is 31.3 Å². The van der Waals surface area contributed by atoms with Crippen molar-refractivity contribution in [2.24, 2.45) is 0 Å². The minimum atomic E-state index is -1.07. The molecule has 134 valence electrons. The van der Waals surface area contributed by atoms with Crippen LogP contribution in [0.5, 0.6) is 17.2 Å². The molecule has 0 saturated carbocycles. The fourth-order valence-corrected chi connectivity index (χ4v) is 3.22. The van der Waals surface area contributed by atoms with E-state index in [0.29, 0.717) is 33.9 Å². The van der Waals surface area contributed by atoms with E-state index in [4.69, 9.17) is 18.9 Å². The van der Waals surface area contributed by atoms with Gasteiger partial charge in [-0.05, 0) is 24.3 Å². The van der Waals surface area contributed by atoms with Gasteiger partial charge in [0, 0.05) is 17.2 Å². The summed E-state index contributed by atoms with van der Waals surface area (Å²) in [4.78, 5) is 24.0. The highest BCUT2D eigenvalue weighted by molar-refractivity contribution is 6.00. The van der Waals surface area contributed by atoms with E-state index in [1.54, 1.807) is 18.2 Å². The summed E-state index contributed by atoms with van der Waals surface area (Å²) in [6.45, 7) is 0.312. The molecule has 2 aliphatic rings. The molecule has 2 aromatic rings. The van der Waals surface area contributed by atoms with Crippen LogP contribution in [-0.4, -0.2) is 30.8 Å². The fraction of sp³-hybridized carbons (Fsp3) is 0.263. The lowest BCUT2D eigenvalue weighted by molar-refractivity contribution is -0.0184. The van der Waals surface area contributed by atoms with Crippen LogP contribution in [0.2, 0.25) is 0 Å². The third-order valence-electron chi connectivity index (χ3n) is 4.46. The monoisotopic (exact) mass is 356 g/mol. The molecule has 0 aromatic heterocycles. The minimum Gasteiger partial charge on any atom is -0.497 e. The predicted molar refractivity (Wildman–Crippen MR) is 89.0 cm³/mol. The van der Waals surface area contributed by atoms with E-state index in [9.17, 15) is 14.7 Å². The Morgan fingerprint density at radius 3 is 2.88 bits per heavy atom. The van der Waals surface area contributed by atoms with Crippen molar-refractivity contribution in [3.05, 3.63) is 52.6 Å². The van der Waals surface area contributed by atoms with Crippen LogP contribution in [0.15, 0.2) is 30.3 Å². The number of carboxylic acid groups (broad SMARTS) is 1. The van der Waals surface area contributed by atoms with Crippen LogP contribution in [0.3, 0.4) is 0 Å². The Balaban J connectivity index is 1.79. The summed E-state index contributed by atoms with van der Waals surface area (Å²) >= 11 is 0. The maximum Gasteiger partial charge on any atom is 0.335 e. The van der Waals surface area contributed by atoms with E-state index in [0.717, 1.165) is 0 Å². The lowest BCUT2D eigenvalue weighted by Crippen LogP contribution is -2.23. The van der Waals surface area contributed by atoms with Gasteiger partial charge in [-0.15, -0.1) is 0 Å². The van der Waals surface area contributed by atoms with Gasteiger partial charge in [0.15, 0.2) is 12.6 Å². The number of Topliss-reactive ketones (excluding diaryl/α,β-unsaturated/α-hetero) is 1. The normalized spacial score (nSPS) is 18.2. The molecule has 1 atom stereocenters. The summed E-state index contributed by atoms with van der Waals surface area (Å²) in [5.41, 5.74) is 1.73. The van der Waals surface area contributed by atoms with Crippen molar-refractivity contribution in [3.8, 4) is 17.2 Å². The average molecular weight is 356 g/mol. The number of hydrogen-bond donors (Lipinski definition) is 1. The molecule has 0 fully saturated rings. The van der Waals surface area contributed by atoms with Gasteiger partial charge in [0.2, 0.25) is 0 Å². The average Bonchev–Trinajstić information content (AvgIpc) is 2.66. The number of carbonyl (C=O) groups excluding carboxylic acids is 1. The van der Waals surface area contributed by atoms with Crippen LogP contribution in [0, 0.1) is 0 Å². The van der Waals surface area contributed by atoms with E-state index < -0.39 is 12.1 Å². The smallest absolute Gasteiger partial charge is 0.335 e. The topological polar surface area (TPSA) is 91.3 Å². The maximum absolute atomic E-state index is 12.6. The highest BCUT2D eigenvalue weighted by atomic mass is 16.7. The van der Waals surface area contributed by atoms with Gasteiger partial charge in [-0.1, -0.05) is 0 Å². The maximum atomic E-state index is 12.6. The lowest BCUT2D eigenvalue weighted by atomic mass is 9.93. The number of methoxy groups -OCH3 is 1. The molecule has 0 spiro atoms. The molecular weight excluding hydrogens is 340 g/mol. The van der Waals surface area contributed by atoms with Gasteiger partial charge in [-0.3, -0.25) is 4.79 Å². The second-order valence-electron chi connectivity index (χ2n) is 6.07. The molecule has 2 aromatic carbocycles. The molecule has 7 heteroatoms. The number of benzene rings is 2. The van der Waals surface area contributed by atoms with Crippen molar-refractivity contribution < 1.29 is 33.6 Å². The first kappa shape index (κ1) is 16.4. The number of hydrogen-bond acceptors (Lipinski definition) is 6. The summed E-state index contributed by atoms with van der Waals surface area (Å²) in [6.07, 6.45) is -0.549. The number of aromatic carboxylic acids is 1. The van der Waals surface area contributed by atoms with Crippen molar-refractivity contribution in [1.29, 1.82) is 0 Å². The number of carbonyl (C=O) groups is 2. The molecule has 0 saturated heterocycles. The Bertz CT molecular complexity index is 903. The number of rotatable bonds is 3. The van der Waals surface area contributed by atoms with Crippen molar-refractivity contribution in [2.75, 3.05) is 13.9 Å². The van der Waals surface area contributed by atoms with E-state index in [1.165, 1.54) is 19.2 Å². The molecule has 1 unspecified atom stereocenters. The van der Waals surface area contributed by atoms with Gasteiger partial charge >= 0.3 is 5.97 Å². The van der Waals surface area contributed by atoms with Crippen LogP contribution in [-0.2, 0) is 11.3 Å². The third kappa shape index (κ3) is 2.76. The Hall–Kier alpha value is -3.06. The third-order valence-corrected chi connectivity index (χ3v) is 4.46. The van der Waals surface area contributed by atoms with Gasteiger partial charge < -0.3 is 24.1 Å². The molecular formula is C19H16O7. The first-order chi connectivity index (χ1) is 12.6. The van der Waals surface area contributed by atoms with Gasteiger partial charge in [0.25, 0.3) is 0 Å². The lowest BCUT2D eigenvalue weighted by Gasteiger charge is -2.29. The van der Waals surface area contributed by atoms with E-state index in [-0.39, 0.29) is 31.2 Å². The second kappa shape index (κ2) is 6.34. The summed E-state index contributed by atoms with van der Waals surface area (Å²) in [6, 6.07) is 8.03. The second-order valence-corrected chi connectivity index (χ2v) is 6.07. The molecule has 0 radical (unpaired) electrons. The standard InChI is InChI=1S/C19H16O7/c1-23-12-2-3-13-15(20)7-17(26-16(13)6-12)14-5-10(19(21)22)4-11-8-24-9-25-18(11)14/h2-6,17H,7-9H2,1H3,(H,21,22). The largest absolute Gasteiger partial charge is 0.497 e. The highest BCUT2D eigenvalue weighted by Gasteiger charge is 2.32. The zero-order chi connectivity index (χ0) is 18.3. The molecule has 2 aliphatic heterocycles. The van der Waals surface area contributed by atoms with E-state index in [1.807, 2.05) is 0 Å². The Morgan fingerprint density at radius 1 is 1.27 bits per heavy atom. The van der Waals surface area contributed by atoms with Crippen LogP contribution < -0.4 is 14.2 Å². The Kier molecular flexibility index (Phi) is 4.00. The van der Waals surface area contributed by atoms with Crippen LogP contribution in [0.4, 0.5) is 0 Å². The summed E-state index contributed by atoms with van der Waals surface area (Å²) in [7, 11) is 1.53. The zero-order valence-electron chi connectivity index (χ0n) is 14.0. The molecule has 7 nitrogen and oxygen atoms in total. The highest BCUT2D eigenvalue weighted by Crippen LogP contribution is 2.42.